The Bertz CT molecular complexity index is 1370. The molecule has 3 heterocycles. The second kappa shape index (κ2) is 10.6. The van der Waals surface area contributed by atoms with Crippen LogP contribution in [0, 0.1) is 24.4 Å². The first-order valence-corrected chi connectivity index (χ1v) is 13.4. The van der Waals surface area contributed by atoms with Crippen molar-refractivity contribution in [3.8, 4) is 16.9 Å². The minimum Gasteiger partial charge on any atom is -0.494 e. The molecule has 0 radical (unpaired) electrons. The molecule has 0 amide bonds. The van der Waals surface area contributed by atoms with Gasteiger partial charge in [-0.1, -0.05) is 18.2 Å². The Balaban J connectivity index is 1.67. The largest absolute Gasteiger partial charge is 0.494 e. The normalized spacial score (nSPS) is 18.3. The third kappa shape index (κ3) is 4.80. The van der Waals surface area contributed by atoms with E-state index in [2.05, 4.69) is 16.8 Å². The molecule has 2 aliphatic heterocycles. The Morgan fingerprint density at radius 3 is 2.35 bits per heavy atom. The number of benzene rings is 2. The number of fused-ring (bicyclic) bond motifs is 1. The zero-order chi connectivity index (χ0) is 26.3. The van der Waals surface area contributed by atoms with Crippen molar-refractivity contribution in [2.75, 3.05) is 52.6 Å². The van der Waals surface area contributed by atoms with E-state index >= 15 is 4.39 Å². The second-order valence-corrected chi connectivity index (χ2v) is 10.7. The Labute approximate surface area is 218 Å². The van der Waals surface area contributed by atoms with Crippen LogP contribution in [-0.2, 0) is 6.42 Å². The molecule has 37 heavy (non-hydrogen) atoms. The summed E-state index contributed by atoms with van der Waals surface area (Å²) in [4.78, 5) is 18.7. The van der Waals surface area contributed by atoms with E-state index in [-0.39, 0.29) is 40.5 Å². The van der Waals surface area contributed by atoms with Crippen molar-refractivity contribution in [1.82, 2.24) is 14.4 Å². The van der Waals surface area contributed by atoms with E-state index in [9.17, 15) is 13.6 Å². The Morgan fingerprint density at radius 1 is 1.00 bits per heavy atom. The molecule has 9 heteroatoms. The van der Waals surface area contributed by atoms with Gasteiger partial charge in [-0.2, -0.15) is 0 Å². The molecular weight excluding hydrogens is 499 g/mol. The fourth-order valence-corrected chi connectivity index (χ4v) is 6.67. The maximum Gasteiger partial charge on any atom is 0.260 e. The second-order valence-electron chi connectivity index (χ2n) is 9.73. The Kier molecular flexibility index (Phi) is 7.38. The number of hydrogen-bond acceptors (Lipinski definition) is 5. The van der Waals surface area contributed by atoms with Crippen molar-refractivity contribution in [3.63, 3.8) is 0 Å². The lowest BCUT2D eigenvalue weighted by atomic mass is 9.94. The number of likely N-dealkylation sites (N-methyl/N-ethyl adjacent to an activating group) is 1. The monoisotopic (exact) mass is 529 g/mol. The number of nitrogens with zero attached hydrogens (tertiary/aromatic N) is 3. The van der Waals surface area contributed by atoms with Gasteiger partial charge in [-0.3, -0.25) is 14.3 Å². The van der Waals surface area contributed by atoms with Crippen molar-refractivity contribution in [3.05, 3.63) is 80.9 Å². The molecule has 1 saturated heterocycles. The first kappa shape index (κ1) is 25.9. The SMILES string of the molecule is COc1cccc(-c2c(C)c(Cc3c(F)cccc3F)c3n(c2=O)C(CN2CCN(C)CC2)CS3)c1F. The molecule has 5 rings (SSSR count). The van der Waals surface area contributed by atoms with Gasteiger partial charge in [-0.05, 0) is 43.3 Å². The highest BCUT2D eigenvalue weighted by Crippen LogP contribution is 2.41. The third-order valence-corrected chi connectivity index (χ3v) is 8.72. The van der Waals surface area contributed by atoms with Crippen molar-refractivity contribution in [2.24, 2.45) is 0 Å². The van der Waals surface area contributed by atoms with Crippen LogP contribution >= 0.6 is 11.8 Å². The molecule has 2 aliphatic rings. The van der Waals surface area contributed by atoms with Crippen LogP contribution in [0.15, 0.2) is 46.2 Å². The maximum atomic E-state index is 15.5. The molecule has 1 aromatic heterocycles. The van der Waals surface area contributed by atoms with Crippen LogP contribution in [0.2, 0.25) is 0 Å². The molecule has 0 aliphatic carbocycles. The molecule has 1 unspecified atom stereocenters. The number of aromatic nitrogens is 1. The minimum atomic E-state index is -0.643. The predicted octanol–water partition coefficient (Wildman–Crippen LogP) is 4.73. The number of thioether (sulfide) groups is 1. The average molecular weight is 530 g/mol. The molecule has 0 spiro atoms. The fraction of sp³-hybridized carbons (Fsp3) is 0.393. The van der Waals surface area contributed by atoms with Gasteiger partial charge in [0.1, 0.15) is 11.6 Å². The predicted molar refractivity (Wildman–Crippen MR) is 140 cm³/mol. The van der Waals surface area contributed by atoms with Crippen LogP contribution < -0.4 is 10.3 Å². The van der Waals surface area contributed by atoms with Crippen molar-refractivity contribution < 1.29 is 17.9 Å². The van der Waals surface area contributed by atoms with Crippen molar-refractivity contribution in [2.45, 2.75) is 24.4 Å². The molecule has 196 valence electrons. The number of pyridine rings is 1. The van der Waals surface area contributed by atoms with Crippen molar-refractivity contribution in [1.29, 1.82) is 0 Å². The van der Waals surface area contributed by atoms with Gasteiger partial charge in [0.2, 0.25) is 0 Å². The van der Waals surface area contributed by atoms with E-state index in [1.807, 2.05) is 0 Å². The van der Waals surface area contributed by atoms with Crippen LogP contribution in [0.4, 0.5) is 13.2 Å². The van der Waals surface area contributed by atoms with Crippen LogP contribution in [0.25, 0.3) is 11.1 Å². The van der Waals surface area contributed by atoms with E-state index in [4.69, 9.17) is 4.74 Å². The van der Waals surface area contributed by atoms with Gasteiger partial charge in [-0.25, -0.2) is 13.2 Å². The van der Waals surface area contributed by atoms with Crippen LogP contribution in [0.3, 0.4) is 0 Å². The van der Waals surface area contributed by atoms with Gasteiger partial charge in [0.25, 0.3) is 5.56 Å². The zero-order valence-corrected chi connectivity index (χ0v) is 22.0. The summed E-state index contributed by atoms with van der Waals surface area (Å²) in [5, 5.41) is 0.705. The Hall–Kier alpha value is -2.75. The molecule has 0 saturated carbocycles. The molecule has 1 atom stereocenters. The van der Waals surface area contributed by atoms with E-state index < -0.39 is 17.5 Å². The molecular formula is C28H30F3N3O2S. The number of methoxy groups -OCH3 is 1. The van der Waals surface area contributed by atoms with Gasteiger partial charge in [0.05, 0.1) is 23.7 Å². The van der Waals surface area contributed by atoms with Crippen molar-refractivity contribution >= 4 is 11.8 Å². The average Bonchev–Trinajstić information content (AvgIpc) is 3.29. The summed E-state index contributed by atoms with van der Waals surface area (Å²) in [7, 11) is 3.47. The van der Waals surface area contributed by atoms with Gasteiger partial charge in [-0.15, -0.1) is 11.8 Å². The van der Waals surface area contributed by atoms with Gasteiger partial charge < -0.3 is 9.64 Å². The first-order chi connectivity index (χ1) is 17.8. The highest BCUT2D eigenvalue weighted by atomic mass is 32.2. The van der Waals surface area contributed by atoms with Crippen LogP contribution in [0.5, 0.6) is 5.75 Å². The molecule has 3 aromatic rings. The summed E-state index contributed by atoms with van der Waals surface area (Å²) in [5.74, 6) is -1.22. The van der Waals surface area contributed by atoms with Crippen LogP contribution in [0.1, 0.15) is 22.7 Å². The lowest BCUT2D eigenvalue weighted by molar-refractivity contribution is 0.140. The summed E-state index contributed by atoms with van der Waals surface area (Å²) in [6, 6.07) is 8.36. The smallest absolute Gasteiger partial charge is 0.260 e. The van der Waals surface area contributed by atoms with E-state index in [0.717, 1.165) is 26.2 Å². The molecule has 1 fully saturated rings. The summed E-state index contributed by atoms with van der Waals surface area (Å²) in [6.45, 7) is 6.13. The van der Waals surface area contributed by atoms with E-state index in [1.165, 1.54) is 43.1 Å². The molecule has 0 N–H and O–H groups in total. The van der Waals surface area contributed by atoms with E-state index in [0.29, 0.717) is 28.5 Å². The number of halogens is 3. The quantitative estimate of drug-likeness (QED) is 0.462. The first-order valence-electron chi connectivity index (χ1n) is 12.4. The lowest BCUT2D eigenvalue weighted by Gasteiger charge is -2.34. The maximum absolute atomic E-state index is 15.5. The fourth-order valence-electron chi connectivity index (χ4n) is 5.30. The summed E-state index contributed by atoms with van der Waals surface area (Å²) in [5.41, 5.74) is 1.15. The highest BCUT2D eigenvalue weighted by Gasteiger charge is 2.33. The van der Waals surface area contributed by atoms with Gasteiger partial charge in [0, 0.05) is 56.0 Å². The number of piperazine rings is 1. The van der Waals surface area contributed by atoms with Gasteiger partial charge in [0.15, 0.2) is 11.6 Å². The standard InChI is InChI=1S/C28H30F3N3O2S/c1-17-20(14-21-22(29)7-5-8-23(21)30)28-34(18(16-37-28)15-33-12-10-32(2)11-13-33)27(35)25(17)19-6-4-9-24(36-3)26(19)31/h4-9,18H,10-16H2,1-3H3. The summed E-state index contributed by atoms with van der Waals surface area (Å²) < 4.78 is 51.8. The highest BCUT2D eigenvalue weighted by molar-refractivity contribution is 7.99. The molecule has 0 bridgehead atoms. The molecule has 2 aromatic carbocycles. The van der Waals surface area contributed by atoms with E-state index in [1.54, 1.807) is 23.6 Å². The summed E-state index contributed by atoms with van der Waals surface area (Å²) in [6.07, 6.45) is -0.0350. The zero-order valence-electron chi connectivity index (χ0n) is 21.2. The minimum absolute atomic E-state index is 0.0341. The number of hydrogen-bond donors (Lipinski definition) is 0. The third-order valence-electron chi connectivity index (χ3n) is 7.45. The van der Waals surface area contributed by atoms with Crippen LogP contribution in [-0.4, -0.2) is 67.0 Å². The number of ether oxygens (including phenoxy) is 1. The number of rotatable bonds is 6. The Morgan fingerprint density at radius 2 is 1.68 bits per heavy atom. The topological polar surface area (TPSA) is 37.7 Å². The van der Waals surface area contributed by atoms with Gasteiger partial charge >= 0.3 is 0 Å². The lowest BCUT2D eigenvalue weighted by Crippen LogP contribution is -2.47. The summed E-state index contributed by atoms with van der Waals surface area (Å²) >= 11 is 1.53. The molecule has 5 nitrogen and oxygen atoms in total.